The summed E-state index contributed by atoms with van der Waals surface area (Å²) in [5.74, 6) is 1.53. The molecule has 0 saturated heterocycles. The molecule has 0 aliphatic heterocycles. The van der Waals surface area contributed by atoms with Crippen molar-refractivity contribution in [1.29, 1.82) is 0 Å². The van der Waals surface area contributed by atoms with Crippen molar-refractivity contribution in [1.82, 2.24) is 10.3 Å². The highest BCUT2D eigenvalue weighted by molar-refractivity contribution is 9.10. The highest BCUT2D eigenvalue weighted by atomic mass is 79.9. The van der Waals surface area contributed by atoms with Gasteiger partial charge in [-0.1, -0.05) is 6.42 Å². The summed E-state index contributed by atoms with van der Waals surface area (Å²) >= 11 is 3.32. The zero-order valence-electron chi connectivity index (χ0n) is 9.53. The van der Waals surface area contributed by atoms with Gasteiger partial charge in [-0.15, -0.1) is 0 Å². The fraction of sp³-hybridized carbons (Fsp3) is 0.538. The van der Waals surface area contributed by atoms with Crippen molar-refractivity contribution >= 4 is 21.8 Å². The summed E-state index contributed by atoms with van der Waals surface area (Å²) in [7, 11) is 0. The van der Waals surface area contributed by atoms with Gasteiger partial charge in [0.25, 0.3) is 5.91 Å². The Morgan fingerprint density at radius 3 is 2.82 bits per heavy atom. The maximum atomic E-state index is 12.0. The number of carbonyl (C=O) groups is 1. The smallest absolute Gasteiger partial charge is 0.270 e. The molecule has 90 valence electrons. The molecule has 0 aromatic carbocycles. The normalized spacial score (nSPS) is 30.5. The molecule has 0 radical (unpaired) electrons. The van der Waals surface area contributed by atoms with E-state index in [4.69, 9.17) is 0 Å². The van der Waals surface area contributed by atoms with E-state index in [-0.39, 0.29) is 5.91 Å². The minimum absolute atomic E-state index is 0.0324. The number of pyridine rings is 1. The van der Waals surface area contributed by atoms with Gasteiger partial charge < -0.3 is 5.32 Å². The Hall–Kier alpha value is -0.900. The Morgan fingerprint density at radius 1 is 1.35 bits per heavy atom. The molecule has 1 aromatic rings. The molecule has 2 fully saturated rings. The molecule has 2 aliphatic rings. The van der Waals surface area contributed by atoms with Gasteiger partial charge in [0.2, 0.25) is 0 Å². The summed E-state index contributed by atoms with van der Waals surface area (Å²) < 4.78 is 0.897. The highest BCUT2D eigenvalue weighted by Crippen LogP contribution is 2.44. The van der Waals surface area contributed by atoms with E-state index in [1.165, 1.54) is 19.3 Å². The predicted molar refractivity (Wildman–Crippen MR) is 68.6 cm³/mol. The summed E-state index contributed by atoms with van der Waals surface area (Å²) in [6.07, 6.45) is 6.76. The van der Waals surface area contributed by atoms with Crippen LogP contribution in [0.25, 0.3) is 0 Å². The molecule has 3 unspecified atom stereocenters. The molecule has 2 bridgehead atoms. The van der Waals surface area contributed by atoms with E-state index in [2.05, 4.69) is 26.2 Å². The second-order valence-electron chi connectivity index (χ2n) is 5.12. The Labute approximate surface area is 109 Å². The second-order valence-corrected chi connectivity index (χ2v) is 6.03. The summed E-state index contributed by atoms with van der Waals surface area (Å²) in [6, 6.07) is 3.99. The second kappa shape index (κ2) is 4.41. The van der Waals surface area contributed by atoms with Crippen molar-refractivity contribution in [2.75, 3.05) is 0 Å². The minimum Gasteiger partial charge on any atom is -0.348 e. The molecule has 1 amide bonds. The van der Waals surface area contributed by atoms with E-state index in [0.717, 1.165) is 16.8 Å². The van der Waals surface area contributed by atoms with Crippen molar-refractivity contribution in [2.24, 2.45) is 11.8 Å². The molecule has 17 heavy (non-hydrogen) atoms. The predicted octanol–water partition coefficient (Wildman–Crippen LogP) is 2.76. The number of hydrogen-bond acceptors (Lipinski definition) is 2. The number of nitrogens with zero attached hydrogens (tertiary/aromatic N) is 1. The molecule has 4 heteroatoms. The molecule has 2 aliphatic carbocycles. The number of nitrogens with one attached hydrogen (secondary N) is 1. The monoisotopic (exact) mass is 294 g/mol. The van der Waals surface area contributed by atoms with Gasteiger partial charge in [0.15, 0.2) is 0 Å². The third-order valence-corrected chi connectivity index (χ3v) is 4.48. The van der Waals surface area contributed by atoms with E-state index in [9.17, 15) is 4.79 Å². The minimum atomic E-state index is -0.0324. The SMILES string of the molecule is O=C(NC1CC2CCC1C2)c1ccc(Br)cn1. The topological polar surface area (TPSA) is 42.0 Å². The van der Waals surface area contributed by atoms with Crippen molar-refractivity contribution in [3.05, 3.63) is 28.5 Å². The molecule has 1 aromatic heterocycles. The van der Waals surface area contributed by atoms with Crippen molar-refractivity contribution < 1.29 is 4.79 Å². The quantitative estimate of drug-likeness (QED) is 0.911. The van der Waals surface area contributed by atoms with Crippen LogP contribution in [0.15, 0.2) is 22.8 Å². The summed E-state index contributed by atoms with van der Waals surface area (Å²) in [5.41, 5.74) is 0.510. The van der Waals surface area contributed by atoms with Crippen molar-refractivity contribution in [3.63, 3.8) is 0 Å². The first kappa shape index (κ1) is 11.2. The lowest BCUT2D eigenvalue weighted by atomic mass is 9.95. The molecular weight excluding hydrogens is 280 g/mol. The van der Waals surface area contributed by atoms with E-state index in [1.807, 2.05) is 6.07 Å². The number of rotatable bonds is 2. The molecule has 1 N–H and O–H groups in total. The Morgan fingerprint density at radius 2 is 2.24 bits per heavy atom. The van der Waals surface area contributed by atoms with Crippen LogP contribution in [0.3, 0.4) is 0 Å². The third kappa shape index (κ3) is 2.23. The van der Waals surface area contributed by atoms with Crippen LogP contribution >= 0.6 is 15.9 Å². The summed E-state index contributed by atoms with van der Waals surface area (Å²) in [5, 5.41) is 3.13. The number of carbonyl (C=O) groups excluding carboxylic acids is 1. The number of halogens is 1. The lowest BCUT2D eigenvalue weighted by molar-refractivity contribution is 0.0918. The van der Waals surface area contributed by atoms with Crippen LogP contribution in [0, 0.1) is 11.8 Å². The van der Waals surface area contributed by atoms with Gasteiger partial charge in [-0.25, -0.2) is 4.98 Å². The lowest BCUT2D eigenvalue weighted by Gasteiger charge is -2.22. The van der Waals surface area contributed by atoms with Crippen LogP contribution < -0.4 is 5.32 Å². The molecule has 3 atom stereocenters. The van der Waals surface area contributed by atoms with Gasteiger partial charge in [-0.3, -0.25) is 4.79 Å². The van der Waals surface area contributed by atoms with Gasteiger partial charge in [-0.2, -0.15) is 0 Å². The lowest BCUT2D eigenvalue weighted by Crippen LogP contribution is -2.38. The zero-order valence-corrected chi connectivity index (χ0v) is 11.1. The number of fused-ring (bicyclic) bond motifs is 2. The first-order valence-corrected chi connectivity index (χ1v) is 6.94. The van der Waals surface area contributed by atoms with E-state index < -0.39 is 0 Å². The summed E-state index contributed by atoms with van der Waals surface area (Å²) in [4.78, 5) is 16.1. The van der Waals surface area contributed by atoms with Gasteiger partial charge in [0.05, 0.1) is 0 Å². The van der Waals surface area contributed by atoms with E-state index in [0.29, 0.717) is 17.7 Å². The third-order valence-electron chi connectivity index (χ3n) is 4.01. The molecule has 1 heterocycles. The highest BCUT2D eigenvalue weighted by Gasteiger charge is 2.40. The van der Waals surface area contributed by atoms with Crippen LogP contribution in [0.4, 0.5) is 0 Å². The fourth-order valence-electron chi connectivity index (χ4n) is 3.17. The number of hydrogen-bond donors (Lipinski definition) is 1. The zero-order chi connectivity index (χ0) is 11.8. The molecule has 0 spiro atoms. The fourth-order valence-corrected chi connectivity index (χ4v) is 3.41. The van der Waals surface area contributed by atoms with Crippen LogP contribution in [0.1, 0.15) is 36.2 Å². The van der Waals surface area contributed by atoms with Crippen LogP contribution in [-0.2, 0) is 0 Å². The Balaban J connectivity index is 1.65. The van der Waals surface area contributed by atoms with Gasteiger partial charge in [0, 0.05) is 16.7 Å². The van der Waals surface area contributed by atoms with Crippen LogP contribution in [0.2, 0.25) is 0 Å². The van der Waals surface area contributed by atoms with Gasteiger partial charge in [-0.05, 0) is 59.2 Å². The van der Waals surface area contributed by atoms with Crippen LogP contribution in [-0.4, -0.2) is 16.9 Å². The largest absolute Gasteiger partial charge is 0.348 e. The Kier molecular flexibility index (Phi) is 2.90. The van der Waals surface area contributed by atoms with E-state index in [1.54, 1.807) is 12.3 Å². The summed E-state index contributed by atoms with van der Waals surface area (Å²) in [6.45, 7) is 0. The van der Waals surface area contributed by atoms with Gasteiger partial charge in [0.1, 0.15) is 5.69 Å². The Bertz CT molecular complexity index is 432. The van der Waals surface area contributed by atoms with E-state index >= 15 is 0 Å². The average Bonchev–Trinajstić information content (AvgIpc) is 2.91. The first-order valence-electron chi connectivity index (χ1n) is 6.15. The van der Waals surface area contributed by atoms with Crippen molar-refractivity contribution in [2.45, 2.75) is 31.7 Å². The molecule has 2 saturated carbocycles. The molecule has 3 nitrogen and oxygen atoms in total. The van der Waals surface area contributed by atoms with Crippen LogP contribution in [0.5, 0.6) is 0 Å². The standard InChI is InChI=1S/C13H15BrN2O/c14-10-3-4-11(15-7-10)13(17)16-12-6-8-1-2-9(12)5-8/h3-4,7-9,12H,1-2,5-6H2,(H,16,17). The number of amides is 1. The molecular formula is C13H15BrN2O. The van der Waals surface area contributed by atoms with Gasteiger partial charge >= 0.3 is 0 Å². The maximum absolute atomic E-state index is 12.0. The average molecular weight is 295 g/mol. The van der Waals surface area contributed by atoms with Crippen molar-refractivity contribution in [3.8, 4) is 0 Å². The molecule has 3 rings (SSSR count). The number of aromatic nitrogens is 1. The maximum Gasteiger partial charge on any atom is 0.270 e. The first-order chi connectivity index (χ1) is 8.22.